The van der Waals surface area contributed by atoms with Crippen molar-refractivity contribution >= 4 is 13.7 Å². The van der Waals surface area contributed by atoms with E-state index in [1.165, 1.54) is 315 Å². The number of amides is 1. The number of nitrogens with one attached hydrogen (secondary N) is 1. The summed E-state index contributed by atoms with van der Waals surface area (Å²) < 4.78 is 23.5. The van der Waals surface area contributed by atoms with E-state index in [0.29, 0.717) is 17.4 Å². The molecule has 0 aliphatic rings. The van der Waals surface area contributed by atoms with E-state index in [0.717, 1.165) is 44.9 Å². The first-order valence-electron chi connectivity index (χ1n) is 37.5. The second-order valence-electron chi connectivity index (χ2n) is 27.0. The Morgan fingerprint density at radius 1 is 0.412 bits per heavy atom. The summed E-state index contributed by atoms with van der Waals surface area (Å²) in [4.78, 5) is 25.6. The van der Waals surface area contributed by atoms with Crippen LogP contribution < -0.4 is 10.2 Å². The smallest absolute Gasteiger partial charge is 0.268 e. The molecule has 0 aromatic heterocycles. The number of quaternary nitrogens is 1. The molecule has 0 aliphatic carbocycles. The number of rotatable bonds is 70. The van der Waals surface area contributed by atoms with Crippen molar-refractivity contribution in [3.63, 3.8) is 0 Å². The lowest BCUT2D eigenvalue weighted by Crippen LogP contribution is -2.45. The molecule has 0 spiro atoms. The van der Waals surface area contributed by atoms with Gasteiger partial charge in [0.25, 0.3) is 7.82 Å². The van der Waals surface area contributed by atoms with Gasteiger partial charge in [-0.25, -0.2) is 0 Å². The average molecular weight is 1220 g/mol. The van der Waals surface area contributed by atoms with Gasteiger partial charge in [-0.15, -0.1) is 0 Å². The van der Waals surface area contributed by atoms with Gasteiger partial charge in [-0.1, -0.05) is 358 Å². The number of carbonyl (C=O) groups is 1. The summed E-state index contributed by atoms with van der Waals surface area (Å²) >= 11 is 0. The minimum atomic E-state index is -4.61. The molecule has 0 aromatic rings. The Hall–Kier alpha value is -1.54. The number of likely N-dealkylation sites (N-methyl/N-ethyl adjacent to an activating group) is 1. The van der Waals surface area contributed by atoms with Crippen LogP contribution in [0.3, 0.4) is 0 Å². The van der Waals surface area contributed by atoms with E-state index in [1.807, 2.05) is 27.2 Å². The van der Waals surface area contributed by atoms with Crippen molar-refractivity contribution in [2.24, 2.45) is 0 Å². The van der Waals surface area contributed by atoms with Gasteiger partial charge in [0, 0.05) is 6.42 Å². The van der Waals surface area contributed by atoms with Gasteiger partial charge in [-0.05, 0) is 64.2 Å². The highest BCUT2D eigenvalue weighted by molar-refractivity contribution is 7.45. The summed E-state index contributed by atoms with van der Waals surface area (Å²) in [6.07, 6.45) is 91.3. The van der Waals surface area contributed by atoms with Crippen molar-refractivity contribution in [1.29, 1.82) is 0 Å². The van der Waals surface area contributed by atoms with Gasteiger partial charge in [0.05, 0.1) is 39.9 Å². The highest BCUT2D eigenvalue weighted by atomic mass is 31.2. The number of hydrogen-bond donors (Lipinski definition) is 2. The topological polar surface area (TPSA) is 108 Å². The van der Waals surface area contributed by atoms with Crippen LogP contribution in [-0.4, -0.2) is 68.5 Å². The van der Waals surface area contributed by atoms with E-state index < -0.39 is 20.0 Å². The van der Waals surface area contributed by atoms with Crippen LogP contribution in [0.5, 0.6) is 0 Å². The molecular weight excluding hydrogens is 1070 g/mol. The summed E-state index contributed by atoms with van der Waals surface area (Å²) in [5, 5.41) is 14.0. The molecular formula is C76H147N2O6P. The monoisotopic (exact) mass is 1220 g/mol. The summed E-state index contributed by atoms with van der Waals surface area (Å²) in [5.74, 6) is -0.199. The first-order chi connectivity index (χ1) is 41.5. The molecule has 0 saturated carbocycles. The number of unbranched alkanes of at least 4 members (excludes halogenated alkanes) is 51. The Morgan fingerprint density at radius 2 is 0.694 bits per heavy atom. The molecule has 0 saturated heterocycles. The van der Waals surface area contributed by atoms with Gasteiger partial charge in [0.2, 0.25) is 5.91 Å². The molecule has 0 bridgehead atoms. The lowest BCUT2D eigenvalue weighted by atomic mass is 10.0. The molecule has 9 heteroatoms. The van der Waals surface area contributed by atoms with Crippen molar-refractivity contribution in [3.8, 4) is 0 Å². The molecule has 0 rings (SSSR count). The fraction of sp³-hybridized carbons (Fsp3) is 0.882. The standard InChI is InChI=1S/C76H147N2O6P/c1-6-8-10-12-14-16-18-20-22-24-26-28-30-32-33-34-35-36-37-38-39-40-41-42-43-44-45-46-48-50-52-54-56-58-60-62-64-66-68-70-76(80)77-74(73-84-85(81,82)83-72-71-78(3,4)5)75(79)69-67-65-63-61-59-57-55-53-51-49-47-31-29-27-25-23-21-19-17-15-13-11-9-7-2/h18,20,24,26,59,61,67,69,74-75,79H,6-17,19,21-23,25,27-58,60,62-66,68,70-73H2,1-5H3,(H-,77,80,81,82)/b20-18-,26-24-,61-59+,69-67+. The van der Waals surface area contributed by atoms with Gasteiger partial charge in [-0.2, -0.15) is 0 Å². The van der Waals surface area contributed by atoms with Crippen LogP contribution in [-0.2, 0) is 18.4 Å². The molecule has 502 valence electrons. The van der Waals surface area contributed by atoms with E-state index in [2.05, 4.69) is 55.6 Å². The molecule has 2 N–H and O–H groups in total. The normalized spacial score (nSPS) is 13.8. The molecule has 3 unspecified atom stereocenters. The number of aliphatic hydroxyl groups excluding tert-OH is 1. The molecule has 1 amide bonds. The van der Waals surface area contributed by atoms with Crippen molar-refractivity contribution in [1.82, 2.24) is 5.32 Å². The van der Waals surface area contributed by atoms with Crippen LogP contribution in [0.4, 0.5) is 0 Å². The van der Waals surface area contributed by atoms with Crippen molar-refractivity contribution in [2.75, 3.05) is 40.9 Å². The van der Waals surface area contributed by atoms with Crippen molar-refractivity contribution in [2.45, 2.75) is 392 Å². The first-order valence-corrected chi connectivity index (χ1v) is 39.0. The van der Waals surface area contributed by atoms with Crippen molar-refractivity contribution < 1.29 is 32.9 Å². The largest absolute Gasteiger partial charge is 0.756 e. The number of phosphoric acid groups is 1. The van der Waals surface area contributed by atoms with E-state index in [9.17, 15) is 19.4 Å². The van der Waals surface area contributed by atoms with E-state index in [1.54, 1.807) is 6.08 Å². The van der Waals surface area contributed by atoms with E-state index in [4.69, 9.17) is 9.05 Å². The fourth-order valence-corrected chi connectivity index (χ4v) is 12.2. The second-order valence-corrected chi connectivity index (χ2v) is 28.4. The highest BCUT2D eigenvalue weighted by Crippen LogP contribution is 2.38. The maximum atomic E-state index is 13.0. The van der Waals surface area contributed by atoms with Crippen LogP contribution in [0, 0.1) is 0 Å². The molecule has 0 aromatic carbocycles. The van der Waals surface area contributed by atoms with Crippen LogP contribution in [0.1, 0.15) is 380 Å². The maximum Gasteiger partial charge on any atom is 0.268 e. The predicted molar refractivity (Wildman–Crippen MR) is 371 cm³/mol. The van der Waals surface area contributed by atoms with E-state index >= 15 is 0 Å². The molecule has 8 nitrogen and oxygen atoms in total. The predicted octanol–water partition coefficient (Wildman–Crippen LogP) is 23.5. The number of aliphatic hydroxyl groups is 1. The minimum Gasteiger partial charge on any atom is -0.756 e. The van der Waals surface area contributed by atoms with Crippen LogP contribution in [0.25, 0.3) is 0 Å². The fourth-order valence-electron chi connectivity index (χ4n) is 11.4. The molecule has 0 aliphatic heterocycles. The zero-order valence-corrected chi connectivity index (χ0v) is 58.5. The third-order valence-corrected chi connectivity index (χ3v) is 18.2. The minimum absolute atomic E-state index is 0.00462. The second kappa shape index (κ2) is 66.9. The molecule has 0 fully saturated rings. The SMILES string of the molecule is CCCCCCC/C=C\C/C=C\CCCCCCCCCCCCCCCCCCCCCCCCCCCCCC(=O)NC(COP(=O)([O-])OCC[N+](C)(C)C)C(O)/C=C/CC/C=C/CCCCCCCCCCCCCCCCCCCC. The van der Waals surface area contributed by atoms with Gasteiger partial charge in [0.1, 0.15) is 13.2 Å². The quantitative estimate of drug-likeness (QED) is 0.0272. The van der Waals surface area contributed by atoms with Gasteiger partial charge in [0.15, 0.2) is 0 Å². The Morgan fingerprint density at radius 3 is 1.02 bits per heavy atom. The number of hydrogen-bond acceptors (Lipinski definition) is 6. The zero-order valence-electron chi connectivity index (χ0n) is 57.6. The van der Waals surface area contributed by atoms with Crippen LogP contribution >= 0.6 is 7.82 Å². The number of allylic oxidation sites excluding steroid dienone is 7. The number of phosphoric ester groups is 1. The van der Waals surface area contributed by atoms with Crippen LogP contribution in [0.2, 0.25) is 0 Å². The lowest BCUT2D eigenvalue weighted by molar-refractivity contribution is -0.870. The molecule has 3 atom stereocenters. The van der Waals surface area contributed by atoms with Crippen LogP contribution in [0.15, 0.2) is 48.6 Å². The summed E-state index contributed by atoms with van der Waals surface area (Å²) in [6.45, 7) is 4.67. The summed E-state index contributed by atoms with van der Waals surface area (Å²) in [7, 11) is 1.26. The summed E-state index contributed by atoms with van der Waals surface area (Å²) in [6, 6.07) is -0.904. The zero-order chi connectivity index (χ0) is 61.9. The Bertz CT molecular complexity index is 1530. The number of carbonyl (C=O) groups excluding carboxylic acids is 1. The third kappa shape index (κ3) is 69.8. The maximum absolute atomic E-state index is 13.0. The Kier molecular flexibility index (Phi) is 65.7. The average Bonchev–Trinajstić information content (AvgIpc) is 3.49. The van der Waals surface area contributed by atoms with E-state index in [-0.39, 0.29) is 19.1 Å². The summed E-state index contributed by atoms with van der Waals surface area (Å²) in [5.41, 5.74) is 0. The van der Waals surface area contributed by atoms with Gasteiger partial charge in [-0.3, -0.25) is 9.36 Å². The molecule has 0 radical (unpaired) electrons. The van der Waals surface area contributed by atoms with Gasteiger partial charge < -0.3 is 28.8 Å². The molecule has 0 heterocycles. The lowest BCUT2D eigenvalue weighted by Gasteiger charge is -2.29. The van der Waals surface area contributed by atoms with Gasteiger partial charge >= 0.3 is 0 Å². The van der Waals surface area contributed by atoms with Crippen molar-refractivity contribution in [3.05, 3.63) is 48.6 Å². The first kappa shape index (κ1) is 83.5. The Labute approximate surface area is 530 Å². The third-order valence-electron chi connectivity index (χ3n) is 17.3. The Balaban J connectivity index is 3.96. The number of nitrogens with zero attached hydrogens (tertiary/aromatic N) is 1. The molecule has 85 heavy (non-hydrogen) atoms. The highest BCUT2D eigenvalue weighted by Gasteiger charge is 2.23.